The second-order valence-electron chi connectivity index (χ2n) is 7.65. The molecule has 0 radical (unpaired) electrons. The second kappa shape index (κ2) is 7.28. The van der Waals surface area contributed by atoms with Gasteiger partial charge < -0.3 is 9.80 Å². The number of amides is 1. The van der Waals surface area contributed by atoms with E-state index in [1.54, 1.807) is 0 Å². The Morgan fingerprint density at radius 1 is 1.20 bits per heavy atom. The lowest BCUT2D eigenvalue weighted by Crippen LogP contribution is -2.61. The molecule has 1 amide bonds. The maximum absolute atomic E-state index is 12.2. The Morgan fingerprint density at radius 2 is 2.00 bits per heavy atom. The van der Waals surface area contributed by atoms with Crippen molar-refractivity contribution in [2.45, 2.75) is 51.5 Å². The summed E-state index contributed by atoms with van der Waals surface area (Å²) in [6, 6.07) is 0. The van der Waals surface area contributed by atoms with E-state index >= 15 is 0 Å². The van der Waals surface area contributed by atoms with Crippen LogP contribution in [-0.2, 0) is 11.2 Å². The van der Waals surface area contributed by atoms with E-state index in [2.05, 4.69) is 28.8 Å². The highest BCUT2D eigenvalue weighted by atomic mass is 16.2. The summed E-state index contributed by atoms with van der Waals surface area (Å²) in [5.74, 6) is 2.20. The molecule has 0 saturated carbocycles. The van der Waals surface area contributed by atoms with Crippen LogP contribution in [-0.4, -0.2) is 71.5 Å². The first-order chi connectivity index (χ1) is 11.9. The molecule has 1 aromatic heterocycles. The number of likely N-dealkylation sites (tertiary alicyclic amines) is 1. The van der Waals surface area contributed by atoms with Crippen LogP contribution in [0.3, 0.4) is 0 Å². The number of likely N-dealkylation sites (N-methyl/N-ethyl adjacent to an activating group) is 1. The van der Waals surface area contributed by atoms with Crippen molar-refractivity contribution in [3.63, 3.8) is 0 Å². The first-order valence-electron chi connectivity index (χ1n) is 9.48. The van der Waals surface area contributed by atoms with Crippen molar-refractivity contribution in [2.24, 2.45) is 0 Å². The number of nitrogens with zero attached hydrogens (tertiary/aromatic N) is 5. The normalized spacial score (nSPS) is 25.5. The molecule has 1 spiro atoms. The maximum Gasteiger partial charge on any atom is 0.222 e. The monoisotopic (exact) mass is 345 g/mol. The lowest BCUT2D eigenvalue weighted by Gasteiger charge is -2.50. The number of aryl methyl sites for hydroxylation is 2. The molecule has 25 heavy (non-hydrogen) atoms. The van der Waals surface area contributed by atoms with Crippen LogP contribution in [0.5, 0.6) is 0 Å². The largest absolute Gasteiger partial charge is 0.353 e. The Balaban J connectivity index is 1.88. The predicted octanol–water partition coefficient (Wildman–Crippen LogP) is 1.87. The van der Waals surface area contributed by atoms with Crippen molar-refractivity contribution in [1.29, 1.82) is 0 Å². The summed E-state index contributed by atoms with van der Waals surface area (Å²) >= 11 is 0. The topological polar surface area (TPSA) is 52.6 Å². The van der Waals surface area contributed by atoms with Gasteiger partial charge in [-0.3, -0.25) is 9.69 Å². The van der Waals surface area contributed by atoms with Gasteiger partial charge >= 0.3 is 0 Å². The fraction of sp³-hybridized carbons (Fsp3) is 0.737. The van der Waals surface area contributed by atoms with Gasteiger partial charge in [-0.2, -0.15) is 0 Å². The first-order valence-corrected chi connectivity index (χ1v) is 9.48. The molecule has 3 heterocycles. The van der Waals surface area contributed by atoms with Crippen LogP contribution in [0.2, 0.25) is 0 Å². The number of piperazine rings is 1. The average Bonchev–Trinajstić information content (AvgIpc) is 2.74. The van der Waals surface area contributed by atoms with Crippen LogP contribution in [0.25, 0.3) is 0 Å². The molecule has 0 bridgehead atoms. The fourth-order valence-electron chi connectivity index (χ4n) is 4.14. The van der Waals surface area contributed by atoms with Gasteiger partial charge in [-0.1, -0.05) is 13.3 Å². The van der Waals surface area contributed by atoms with Crippen LogP contribution < -0.4 is 4.90 Å². The molecule has 0 N–H and O–H groups in total. The molecule has 0 aromatic carbocycles. The molecule has 3 rings (SSSR count). The van der Waals surface area contributed by atoms with Crippen molar-refractivity contribution in [1.82, 2.24) is 19.8 Å². The van der Waals surface area contributed by atoms with Crippen LogP contribution in [0.4, 0.5) is 5.82 Å². The van der Waals surface area contributed by atoms with Gasteiger partial charge in [-0.05, 0) is 33.2 Å². The lowest BCUT2D eigenvalue weighted by atomic mass is 9.86. The van der Waals surface area contributed by atoms with Crippen LogP contribution in [0.1, 0.15) is 44.0 Å². The Hall–Kier alpha value is -1.69. The van der Waals surface area contributed by atoms with Gasteiger partial charge in [0.05, 0.1) is 0 Å². The molecule has 1 atom stereocenters. The Kier molecular flexibility index (Phi) is 5.27. The number of aromatic nitrogens is 2. The fourth-order valence-corrected chi connectivity index (χ4v) is 4.14. The molecule has 0 unspecified atom stereocenters. The number of carbonyl (C=O) groups is 1. The highest BCUT2D eigenvalue weighted by Gasteiger charge is 2.42. The summed E-state index contributed by atoms with van der Waals surface area (Å²) in [6.45, 7) is 7.92. The van der Waals surface area contributed by atoms with Gasteiger partial charge in [-0.25, -0.2) is 9.97 Å². The molecule has 1 aromatic rings. The number of carbonyl (C=O) groups excluding carboxylic acids is 1. The summed E-state index contributed by atoms with van der Waals surface area (Å²) < 4.78 is 0. The van der Waals surface area contributed by atoms with Gasteiger partial charge in [0.1, 0.15) is 11.6 Å². The van der Waals surface area contributed by atoms with E-state index in [1.165, 1.54) is 5.56 Å². The van der Waals surface area contributed by atoms with Crippen molar-refractivity contribution in [3.8, 4) is 0 Å². The molecule has 6 heteroatoms. The summed E-state index contributed by atoms with van der Waals surface area (Å²) in [4.78, 5) is 28.2. The summed E-state index contributed by atoms with van der Waals surface area (Å²) in [5.41, 5.74) is 1.30. The van der Waals surface area contributed by atoms with E-state index in [4.69, 9.17) is 4.98 Å². The zero-order chi connectivity index (χ0) is 18.0. The number of hydrogen-bond acceptors (Lipinski definition) is 5. The Morgan fingerprint density at radius 3 is 2.76 bits per heavy atom. The lowest BCUT2D eigenvalue weighted by molar-refractivity contribution is -0.129. The molecular formula is C19H31N5O. The zero-order valence-corrected chi connectivity index (χ0v) is 16.1. The van der Waals surface area contributed by atoms with E-state index < -0.39 is 0 Å². The average molecular weight is 345 g/mol. The third kappa shape index (κ3) is 3.64. The van der Waals surface area contributed by atoms with E-state index in [0.717, 1.165) is 63.5 Å². The van der Waals surface area contributed by atoms with Crippen LogP contribution >= 0.6 is 0 Å². The highest BCUT2D eigenvalue weighted by molar-refractivity contribution is 5.76. The van der Waals surface area contributed by atoms with E-state index in [0.29, 0.717) is 6.42 Å². The standard InChI is InChI=1S/C19H31N5O/c1-5-6-16-13-20-15(2)21-18(16)24-12-11-23(4)19(14-24)8-7-17(25)22(3)10-9-19/h13H,5-12,14H2,1-4H3/t19-/m1/s1. The summed E-state index contributed by atoms with van der Waals surface area (Å²) in [7, 11) is 4.14. The minimum atomic E-state index is 0.0566. The van der Waals surface area contributed by atoms with Gasteiger partial charge in [-0.15, -0.1) is 0 Å². The van der Waals surface area contributed by atoms with Crippen molar-refractivity contribution in [3.05, 3.63) is 17.6 Å². The molecule has 2 fully saturated rings. The van der Waals surface area contributed by atoms with Crippen LogP contribution in [0, 0.1) is 6.92 Å². The quantitative estimate of drug-likeness (QED) is 0.837. The van der Waals surface area contributed by atoms with Crippen molar-refractivity contribution in [2.75, 3.05) is 45.2 Å². The third-order valence-electron chi connectivity index (χ3n) is 5.92. The molecule has 138 valence electrons. The smallest absolute Gasteiger partial charge is 0.222 e. The van der Waals surface area contributed by atoms with Crippen molar-refractivity contribution < 1.29 is 4.79 Å². The number of rotatable bonds is 3. The molecule has 2 saturated heterocycles. The molecule has 2 aliphatic rings. The zero-order valence-electron chi connectivity index (χ0n) is 16.1. The van der Waals surface area contributed by atoms with E-state index in [9.17, 15) is 4.79 Å². The maximum atomic E-state index is 12.2. The molecule has 6 nitrogen and oxygen atoms in total. The Labute approximate surface area is 151 Å². The van der Waals surface area contributed by atoms with E-state index in [1.807, 2.05) is 25.1 Å². The van der Waals surface area contributed by atoms with Crippen LogP contribution in [0.15, 0.2) is 6.20 Å². The minimum Gasteiger partial charge on any atom is -0.353 e. The van der Waals surface area contributed by atoms with Gasteiger partial charge in [0.2, 0.25) is 5.91 Å². The highest BCUT2D eigenvalue weighted by Crippen LogP contribution is 2.34. The molecule has 2 aliphatic heterocycles. The third-order valence-corrected chi connectivity index (χ3v) is 5.92. The molecule has 0 aliphatic carbocycles. The minimum absolute atomic E-state index is 0.0566. The number of hydrogen-bond donors (Lipinski definition) is 0. The second-order valence-corrected chi connectivity index (χ2v) is 7.65. The predicted molar refractivity (Wildman–Crippen MR) is 99.8 cm³/mol. The van der Waals surface area contributed by atoms with Gasteiger partial charge in [0.15, 0.2) is 0 Å². The van der Waals surface area contributed by atoms with E-state index in [-0.39, 0.29) is 11.4 Å². The summed E-state index contributed by atoms with van der Waals surface area (Å²) in [5, 5.41) is 0. The van der Waals surface area contributed by atoms with Gasteiger partial charge in [0, 0.05) is 56.9 Å². The SMILES string of the molecule is CCCc1cnc(C)nc1N1CCN(C)[C@@]2(CCC(=O)N(C)CC2)C1. The molecular weight excluding hydrogens is 314 g/mol. The van der Waals surface area contributed by atoms with Gasteiger partial charge in [0.25, 0.3) is 0 Å². The first kappa shape index (κ1) is 18.1. The Bertz CT molecular complexity index is 634. The van der Waals surface area contributed by atoms with Crippen molar-refractivity contribution >= 4 is 11.7 Å². The number of anilines is 1. The summed E-state index contributed by atoms with van der Waals surface area (Å²) in [6.07, 6.45) is 6.69.